The summed E-state index contributed by atoms with van der Waals surface area (Å²) in [6.07, 6.45) is 1.86. The topological polar surface area (TPSA) is 55.4 Å². The van der Waals surface area contributed by atoms with Crippen LogP contribution in [0.1, 0.15) is 11.8 Å². The van der Waals surface area contributed by atoms with Gasteiger partial charge in [-0.1, -0.05) is 17.7 Å². The standard InChI is InChI=1S/C16H13ClFNO3S/c1-10(22-15(20)7-5-12-3-2-8-23-12)16(21)19-11-4-6-14(18)13(17)9-11/h2-10H,1H3,(H,19,21)/b7-5+/t10-/m0/s1. The second kappa shape index (κ2) is 7.89. The van der Waals surface area contributed by atoms with Crippen molar-refractivity contribution in [2.75, 3.05) is 5.32 Å². The zero-order valence-corrected chi connectivity index (χ0v) is 13.7. The molecule has 1 heterocycles. The molecule has 120 valence electrons. The van der Waals surface area contributed by atoms with Crippen LogP contribution in [-0.2, 0) is 14.3 Å². The number of carbonyl (C=O) groups excluding carboxylic acids is 2. The van der Waals surface area contributed by atoms with Crippen LogP contribution in [0.15, 0.2) is 41.8 Å². The summed E-state index contributed by atoms with van der Waals surface area (Å²) in [5, 5.41) is 4.27. The monoisotopic (exact) mass is 353 g/mol. The van der Waals surface area contributed by atoms with Gasteiger partial charge in [-0.3, -0.25) is 4.79 Å². The van der Waals surface area contributed by atoms with Crippen molar-refractivity contribution in [3.63, 3.8) is 0 Å². The molecule has 0 unspecified atom stereocenters. The second-order valence-electron chi connectivity index (χ2n) is 4.55. The van der Waals surface area contributed by atoms with Crippen molar-refractivity contribution in [3.8, 4) is 0 Å². The summed E-state index contributed by atoms with van der Waals surface area (Å²) in [6.45, 7) is 1.44. The van der Waals surface area contributed by atoms with Crippen molar-refractivity contribution < 1.29 is 18.7 Å². The minimum Gasteiger partial charge on any atom is -0.449 e. The minimum atomic E-state index is -1.00. The molecule has 0 spiro atoms. The number of benzene rings is 1. The molecule has 4 nitrogen and oxygen atoms in total. The molecule has 7 heteroatoms. The van der Waals surface area contributed by atoms with Crippen LogP contribution in [0.4, 0.5) is 10.1 Å². The molecule has 1 aromatic heterocycles. The van der Waals surface area contributed by atoms with Crippen molar-refractivity contribution in [1.29, 1.82) is 0 Å². The summed E-state index contributed by atoms with van der Waals surface area (Å²) < 4.78 is 18.0. The van der Waals surface area contributed by atoms with Crippen LogP contribution < -0.4 is 5.32 Å². The van der Waals surface area contributed by atoms with Gasteiger partial charge in [-0.05, 0) is 42.6 Å². The number of halogens is 2. The van der Waals surface area contributed by atoms with E-state index in [0.717, 1.165) is 10.9 Å². The van der Waals surface area contributed by atoms with Gasteiger partial charge in [0.25, 0.3) is 5.91 Å². The number of rotatable bonds is 5. The summed E-state index contributed by atoms with van der Waals surface area (Å²) in [6, 6.07) is 7.49. The van der Waals surface area contributed by atoms with E-state index in [-0.39, 0.29) is 5.02 Å². The van der Waals surface area contributed by atoms with E-state index < -0.39 is 23.8 Å². The van der Waals surface area contributed by atoms with Gasteiger partial charge in [-0.2, -0.15) is 0 Å². The Bertz CT molecular complexity index is 731. The van der Waals surface area contributed by atoms with E-state index in [1.54, 1.807) is 6.08 Å². The summed E-state index contributed by atoms with van der Waals surface area (Å²) in [7, 11) is 0. The molecule has 0 fully saturated rings. The van der Waals surface area contributed by atoms with E-state index in [9.17, 15) is 14.0 Å². The van der Waals surface area contributed by atoms with Gasteiger partial charge in [-0.15, -0.1) is 11.3 Å². The van der Waals surface area contributed by atoms with Gasteiger partial charge in [0.2, 0.25) is 0 Å². The largest absolute Gasteiger partial charge is 0.449 e. The summed E-state index contributed by atoms with van der Waals surface area (Å²) in [5.41, 5.74) is 0.318. The number of anilines is 1. The minimum absolute atomic E-state index is 0.105. The maximum atomic E-state index is 13.0. The molecule has 0 aliphatic heterocycles. The highest BCUT2D eigenvalue weighted by Crippen LogP contribution is 2.19. The van der Waals surface area contributed by atoms with E-state index in [0.29, 0.717) is 5.69 Å². The van der Waals surface area contributed by atoms with E-state index in [2.05, 4.69) is 5.32 Å². The number of hydrogen-bond acceptors (Lipinski definition) is 4. The summed E-state index contributed by atoms with van der Waals surface area (Å²) in [4.78, 5) is 24.5. The van der Waals surface area contributed by atoms with Crippen molar-refractivity contribution >= 4 is 46.6 Å². The second-order valence-corrected chi connectivity index (χ2v) is 5.93. The van der Waals surface area contributed by atoms with E-state index in [4.69, 9.17) is 16.3 Å². The van der Waals surface area contributed by atoms with Crippen LogP contribution >= 0.6 is 22.9 Å². The van der Waals surface area contributed by atoms with Crippen LogP contribution in [-0.4, -0.2) is 18.0 Å². The fourth-order valence-corrected chi connectivity index (χ4v) is 2.42. The SMILES string of the molecule is C[C@H](OC(=O)/C=C/c1cccs1)C(=O)Nc1ccc(F)c(Cl)c1. The number of amides is 1. The Hall–Kier alpha value is -2.18. The van der Waals surface area contributed by atoms with E-state index in [1.807, 2.05) is 17.5 Å². The summed E-state index contributed by atoms with van der Waals surface area (Å²) in [5.74, 6) is -1.74. The van der Waals surface area contributed by atoms with Crippen molar-refractivity contribution in [3.05, 3.63) is 57.5 Å². The molecule has 0 saturated heterocycles. The maximum Gasteiger partial charge on any atom is 0.331 e. The average molecular weight is 354 g/mol. The number of thiophene rings is 1. The van der Waals surface area contributed by atoms with Crippen molar-refractivity contribution in [1.82, 2.24) is 0 Å². The predicted octanol–water partition coefficient (Wildman–Crippen LogP) is 4.12. The first-order valence-corrected chi connectivity index (χ1v) is 7.89. The third-order valence-corrected chi connectivity index (χ3v) is 3.90. The molecule has 1 amide bonds. The van der Waals surface area contributed by atoms with Gasteiger partial charge in [0, 0.05) is 16.6 Å². The fraction of sp³-hybridized carbons (Fsp3) is 0.125. The van der Waals surface area contributed by atoms with Crippen LogP contribution in [0.3, 0.4) is 0 Å². The number of esters is 1. The molecule has 0 aliphatic rings. The molecular formula is C16H13ClFNO3S. The number of carbonyl (C=O) groups is 2. The average Bonchev–Trinajstić information content (AvgIpc) is 3.02. The number of nitrogens with one attached hydrogen (secondary N) is 1. The normalized spacial score (nSPS) is 12.1. The molecule has 0 aliphatic carbocycles. The molecule has 0 bridgehead atoms. The Labute approximate surface area is 141 Å². The van der Waals surface area contributed by atoms with Crippen LogP contribution in [0.5, 0.6) is 0 Å². The zero-order valence-electron chi connectivity index (χ0n) is 12.1. The Kier molecular flexibility index (Phi) is 5.90. The third kappa shape index (κ3) is 5.19. The lowest BCUT2D eigenvalue weighted by atomic mass is 10.3. The predicted molar refractivity (Wildman–Crippen MR) is 88.9 cm³/mol. The molecule has 0 radical (unpaired) electrons. The third-order valence-electron chi connectivity index (χ3n) is 2.78. The lowest BCUT2D eigenvalue weighted by Gasteiger charge is -2.12. The van der Waals surface area contributed by atoms with Crippen molar-refractivity contribution in [2.45, 2.75) is 13.0 Å². The van der Waals surface area contributed by atoms with E-state index >= 15 is 0 Å². The van der Waals surface area contributed by atoms with Crippen molar-refractivity contribution in [2.24, 2.45) is 0 Å². The highest BCUT2D eigenvalue weighted by atomic mass is 35.5. The molecule has 0 saturated carbocycles. The van der Waals surface area contributed by atoms with Gasteiger partial charge in [0.15, 0.2) is 6.10 Å². The molecule has 23 heavy (non-hydrogen) atoms. The Morgan fingerprint density at radius 1 is 1.39 bits per heavy atom. The number of hydrogen-bond donors (Lipinski definition) is 1. The van der Waals surface area contributed by atoms with Crippen LogP contribution in [0.25, 0.3) is 6.08 Å². The van der Waals surface area contributed by atoms with Gasteiger partial charge in [0.05, 0.1) is 5.02 Å². The van der Waals surface area contributed by atoms with Gasteiger partial charge in [0.1, 0.15) is 5.82 Å². The van der Waals surface area contributed by atoms with Gasteiger partial charge < -0.3 is 10.1 Å². The Morgan fingerprint density at radius 3 is 2.83 bits per heavy atom. The summed E-state index contributed by atoms with van der Waals surface area (Å²) >= 11 is 7.11. The molecule has 1 aromatic carbocycles. The highest BCUT2D eigenvalue weighted by Gasteiger charge is 2.17. The fourth-order valence-electron chi connectivity index (χ4n) is 1.62. The maximum absolute atomic E-state index is 13.0. The van der Waals surface area contributed by atoms with E-state index in [1.165, 1.54) is 36.5 Å². The first kappa shape index (κ1) is 17.2. The highest BCUT2D eigenvalue weighted by molar-refractivity contribution is 7.10. The quantitative estimate of drug-likeness (QED) is 0.649. The Balaban J connectivity index is 1.89. The lowest BCUT2D eigenvalue weighted by molar-refractivity contribution is -0.148. The number of ether oxygens (including phenoxy) is 1. The van der Waals surface area contributed by atoms with Gasteiger partial charge in [-0.25, -0.2) is 9.18 Å². The first-order valence-electron chi connectivity index (χ1n) is 6.64. The smallest absolute Gasteiger partial charge is 0.331 e. The molecule has 1 N–H and O–H groups in total. The first-order chi connectivity index (χ1) is 11.0. The molecule has 2 rings (SSSR count). The van der Waals surface area contributed by atoms with Gasteiger partial charge >= 0.3 is 5.97 Å². The van der Waals surface area contributed by atoms with Crippen LogP contribution in [0, 0.1) is 5.82 Å². The Morgan fingerprint density at radius 2 is 2.17 bits per heavy atom. The van der Waals surface area contributed by atoms with Crippen LogP contribution in [0.2, 0.25) is 5.02 Å². The lowest BCUT2D eigenvalue weighted by Crippen LogP contribution is -2.29. The molecule has 1 atom stereocenters. The zero-order chi connectivity index (χ0) is 16.8. The molecular weight excluding hydrogens is 341 g/mol. The molecule has 2 aromatic rings.